The Labute approximate surface area is 152 Å². The van der Waals surface area contributed by atoms with Gasteiger partial charge in [-0.15, -0.1) is 6.42 Å². The average molecular weight is 354 g/mol. The number of rotatable bonds is 3. The molecule has 0 aliphatic carbocycles. The molecule has 2 atom stereocenters. The number of hydrogen-bond acceptors (Lipinski definition) is 4. The summed E-state index contributed by atoms with van der Waals surface area (Å²) in [5, 5.41) is 9.01. The lowest BCUT2D eigenvalue weighted by Crippen LogP contribution is -2.58. The minimum absolute atomic E-state index is 0.111. The lowest BCUT2D eigenvalue weighted by molar-refractivity contribution is -0.139. The summed E-state index contributed by atoms with van der Waals surface area (Å²) in [7, 11) is 0. The Morgan fingerprint density at radius 3 is 2.88 bits per heavy atom. The number of amides is 3. The van der Waals surface area contributed by atoms with Crippen LogP contribution in [0.25, 0.3) is 0 Å². The van der Waals surface area contributed by atoms with Gasteiger partial charge in [0.15, 0.2) is 0 Å². The lowest BCUT2D eigenvalue weighted by Gasteiger charge is -2.40. The number of fused-ring (bicyclic) bond motifs is 1. The van der Waals surface area contributed by atoms with Crippen LogP contribution in [0.1, 0.15) is 36.5 Å². The van der Waals surface area contributed by atoms with Crippen LogP contribution in [0.3, 0.4) is 0 Å². The normalized spacial score (nSPS) is 23.2. The summed E-state index contributed by atoms with van der Waals surface area (Å²) in [4.78, 5) is 38.7. The van der Waals surface area contributed by atoms with E-state index in [2.05, 4.69) is 21.9 Å². The van der Waals surface area contributed by atoms with Gasteiger partial charge in [-0.3, -0.25) is 14.4 Å². The molecule has 3 N–H and O–H groups in total. The zero-order chi connectivity index (χ0) is 18.7. The molecule has 2 heterocycles. The molecule has 0 radical (unpaired) electrons. The summed E-state index contributed by atoms with van der Waals surface area (Å²) in [6.07, 6.45) is 6.36. The Morgan fingerprint density at radius 2 is 2.12 bits per heavy atom. The van der Waals surface area contributed by atoms with Crippen molar-refractivity contribution in [2.24, 2.45) is 0 Å². The Morgan fingerprint density at radius 1 is 1.35 bits per heavy atom. The number of benzene rings is 1. The van der Waals surface area contributed by atoms with Crippen LogP contribution < -0.4 is 16.0 Å². The fraction of sp³-hybridized carbons (Fsp3) is 0.421. The van der Waals surface area contributed by atoms with Gasteiger partial charge in [-0.25, -0.2) is 0 Å². The van der Waals surface area contributed by atoms with Crippen molar-refractivity contribution in [2.75, 3.05) is 18.4 Å². The highest BCUT2D eigenvalue weighted by atomic mass is 16.2. The Bertz CT molecular complexity index is 785. The van der Waals surface area contributed by atoms with Gasteiger partial charge in [-0.2, -0.15) is 0 Å². The molecule has 1 spiro atoms. The summed E-state index contributed by atoms with van der Waals surface area (Å²) in [6.45, 7) is 2.17. The predicted octanol–water partition coefficient (Wildman–Crippen LogP) is 0.689. The van der Waals surface area contributed by atoms with Gasteiger partial charge < -0.3 is 20.9 Å². The standard InChI is InChI=1S/C19H22N4O3/c1-3-11-20-17(25)13(2)23-12-10-19(9-8-16(23)24)21-15-7-5-4-6-14(15)18(26)22-19/h1,4-7,13,21H,8-12H2,2H3,(H,20,25)(H,22,26)/t13-,19-/m0/s1. The molecule has 1 fully saturated rings. The lowest BCUT2D eigenvalue weighted by atomic mass is 9.95. The maximum atomic E-state index is 12.6. The third-order valence-electron chi connectivity index (χ3n) is 4.98. The Kier molecular flexibility index (Phi) is 4.85. The number of hydrogen-bond donors (Lipinski definition) is 3. The van der Waals surface area contributed by atoms with Gasteiger partial charge in [-0.05, 0) is 25.5 Å². The second kappa shape index (κ2) is 7.08. The summed E-state index contributed by atoms with van der Waals surface area (Å²) >= 11 is 0. The van der Waals surface area contributed by atoms with Gasteiger partial charge in [0.25, 0.3) is 5.91 Å². The first-order valence-corrected chi connectivity index (χ1v) is 8.66. The molecular weight excluding hydrogens is 332 g/mol. The van der Waals surface area contributed by atoms with Crippen LogP contribution in [0.15, 0.2) is 24.3 Å². The van der Waals surface area contributed by atoms with Crippen molar-refractivity contribution < 1.29 is 14.4 Å². The largest absolute Gasteiger partial charge is 0.362 e. The second-order valence-electron chi connectivity index (χ2n) is 6.64. The zero-order valence-corrected chi connectivity index (χ0v) is 14.7. The summed E-state index contributed by atoms with van der Waals surface area (Å²) in [5.74, 6) is 1.80. The smallest absolute Gasteiger partial charge is 0.255 e. The Hall–Kier alpha value is -3.01. The van der Waals surface area contributed by atoms with E-state index in [1.165, 1.54) is 0 Å². The van der Waals surface area contributed by atoms with E-state index < -0.39 is 11.7 Å². The molecular formula is C19H22N4O3. The van der Waals surface area contributed by atoms with E-state index in [9.17, 15) is 14.4 Å². The van der Waals surface area contributed by atoms with Gasteiger partial charge in [0.05, 0.1) is 12.1 Å². The first kappa shape index (κ1) is 17.8. The molecule has 26 heavy (non-hydrogen) atoms. The van der Waals surface area contributed by atoms with E-state index in [0.29, 0.717) is 24.9 Å². The van der Waals surface area contributed by atoms with E-state index in [4.69, 9.17) is 6.42 Å². The molecule has 3 amide bonds. The number of terminal acetylenes is 1. The van der Waals surface area contributed by atoms with Gasteiger partial charge in [0.1, 0.15) is 11.7 Å². The van der Waals surface area contributed by atoms with Crippen molar-refractivity contribution in [1.29, 1.82) is 0 Å². The highest BCUT2D eigenvalue weighted by molar-refractivity contribution is 6.02. The quantitative estimate of drug-likeness (QED) is 0.697. The van der Waals surface area contributed by atoms with Crippen LogP contribution in [0, 0.1) is 12.3 Å². The van der Waals surface area contributed by atoms with Crippen molar-refractivity contribution in [3.63, 3.8) is 0 Å². The molecule has 0 bridgehead atoms. The highest BCUT2D eigenvalue weighted by Crippen LogP contribution is 2.31. The van der Waals surface area contributed by atoms with E-state index >= 15 is 0 Å². The molecule has 0 unspecified atom stereocenters. The van der Waals surface area contributed by atoms with Crippen molar-refractivity contribution >= 4 is 23.4 Å². The molecule has 0 aromatic heterocycles. The molecule has 136 valence electrons. The summed E-state index contributed by atoms with van der Waals surface area (Å²) in [6, 6.07) is 6.68. The van der Waals surface area contributed by atoms with Crippen LogP contribution >= 0.6 is 0 Å². The third-order valence-corrected chi connectivity index (χ3v) is 4.98. The van der Waals surface area contributed by atoms with Crippen molar-refractivity contribution in [2.45, 2.75) is 37.9 Å². The van der Waals surface area contributed by atoms with Gasteiger partial charge in [0, 0.05) is 25.1 Å². The molecule has 1 saturated heterocycles. The molecule has 3 rings (SSSR count). The average Bonchev–Trinajstić information content (AvgIpc) is 2.79. The van der Waals surface area contributed by atoms with E-state index in [0.717, 1.165) is 5.69 Å². The number of likely N-dealkylation sites (tertiary alicyclic amines) is 1. The maximum Gasteiger partial charge on any atom is 0.255 e. The number of carbonyl (C=O) groups excluding carboxylic acids is 3. The SMILES string of the molecule is C#CCNC(=O)[C@H](C)N1CC[C@]2(CCC1=O)NC(=O)c1ccccc1N2. The minimum Gasteiger partial charge on any atom is -0.362 e. The molecule has 7 heteroatoms. The number of nitrogens with zero attached hydrogens (tertiary/aromatic N) is 1. The fourth-order valence-corrected chi connectivity index (χ4v) is 3.48. The van der Waals surface area contributed by atoms with Gasteiger partial charge in [-0.1, -0.05) is 18.1 Å². The number of carbonyl (C=O) groups is 3. The van der Waals surface area contributed by atoms with E-state index in [-0.39, 0.29) is 30.7 Å². The number of nitrogens with one attached hydrogen (secondary N) is 3. The molecule has 1 aromatic rings. The maximum absolute atomic E-state index is 12.6. The third kappa shape index (κ3) is 3.36. The van der Waals surface area contributed by atoms with Crippen molar-refractivity contribution in [1.82, 2.24) is 15.5 Å². The molecule has 1 aromatic carbocycles. The molecule has 2 aliphatic heterocycles. The molecule has 0 saturated carbocycles. The zero-order valence-electron chi connectivity index (χ0n) is 14.7. The second-order valence-corrected chi connectivity index (χ2v) is 6.64. The number of para-hydroxylation sites is 1. The highest BCUT2D eigenvalue weighted by Gasteiger charge is 2.41. The van der Waals surface area contributed by atoms with Crippen LogP contribution in [0.5, 0.6) is 0 Å². The van der Waals surface area contributed by atoms with Gasteiger partial charge >= 0.3 is 0 Å². The van der Waals surface area contributed by atoms with Crippen LogP contribution in [0.2, 0.25) is 0 Å². The first-order valence-electron chi connectivity index (χ1n) is 8.66. The Balaban J connectivity index is 1.76. The first-order chi connectivity index (χ1) is 12.5. The molecule has 2 aliphatic rings. The van der Waals surface area contributed by atoms with E-state index in [1.807, 2.05) is 18.2 Å². The number of anilines is 1. The monoisotopic (exact) mass is 354 g/mol. The summed E-state index contributed by atoms with van der Waals surface area (Å²) in [5.41, 5.74) is 0.662. The predicted molar refractivity (Wildman–Crippen MR) is 97.1 cm³/mol. The van der Waals surface area contributed by atoms with Crippen molar-refractivity contribution in [3.8, 4) is 12.3 Å². The van der Waals surface area contributed by atoms with Gasteiger partial charge in [0.2, 0.25) is 11.8 Å². The summed E-state index contributed by atoms with van der Waals surface area (Å²) < 4.78 is 0. The van der Waals surface area contributed by atoms with Crippen molar-refractivity contribution in [3.05, 3.63) is 29.8 Å². The van der Waals surface area contributed by atoms with Crippen LogP contribution in [-0.4, -0.2) is 47.4 Å². The minimum atomic E-state index is -0.690. The van der Waals surface area contributed by atoms with Crippen LogP contribution in [0.4, 0.5) is 5.69 Å². The fourth-order valence-electron chi connectivity index (χ4n) is 3.48. The molecule has 7 nitrogen and oxygen atoms in total. The topological polar surface area (TPSA) is 90.5 Å². The van der Waals surface area contributed by atoms with E-state index in [1.54, 1.807) is 17.9 Å². The van der Waals surface area contributed by atoms with Crippen LogP contribution in [-0.2, 0) is 9.59 Å².